The fraction of sp³-hybridized carbons (Fsp3) is 0.469. The second-order valence-electron chi connectivity index (χ2n) is 12.3. The molecule has 3 aromatic rings. The summed E-state index contributed by atoms with van der Waals surface area (Å²) in [6, 6.07) is 14.1. The number of benzene rings is 2. The zero-order valence-electron chi connectivity index (χ0n) is 23.7. The summed E-state index contributed by atoms with van der Waals surface area (Å²) in [5.41, 5.74) is 4.98. The van der Waals surface area contributed by atoms with E-state index in [1.165, 1.54) is 11.1 Å². The van der Waals surface area contributed by atoms with Crippen LogP contribution in [0.3, 0.4) is 0 Å². The summed E-state index contributed by atoms with van der Waals surface area (Å²) in [7, 11) is 1.72. The van der Waals surface area contributed by atoms with Crippen molar-refractivity contribution in [3.05, 3.63) is 70.9 Å². The third kappa shape index (κ3) is 4.38. The van der Waals surface area contributed by atoms with E-state index in [-0.39, 0.29) is 29.8 Å². The molecular formula is C32H39N5O3. The third-order valence-corrected chi connectivity index (χ3v) is 9.29. The second kappa shape index (κ2) is 10.1. The molecule has 5 atom stereocenters. The number of nitrogens with zero attached hydrogens (tertiary/aromatic N) is 1. The van der Waals surface area contributed by atoms with Gasteiger partial charge in [0.2, 0.25) is 17.7 Å². The van der Waals surface area contributed by atoms with Crippen molar-refractivity contribution in [1.82, 2.24) is 25.8 Å². The molecule has 8 heteroatoms. The van der Waals surface area contributed by atoms with Crippen molar-refractivity contribution in [3.8, 4) is 0 Å². The van der Waals surface area contributed by atoms with Crippen LogP contribution in [0.2, 0.25) is 0 Å². The summed E-state index contributed by atoms with van der Waals surface area (Å²) in [5, 5.41) is 10.4. The molecule has 2 aromatic carbocycles. The lowest BCUT2D eigenvalue weighted by Crippen LogP contribution is -2.58. The zero-order chi connectivity index (χ0) is 28.2. The number of H-pyrrole nitrogens is 1. The summed E-state index contributed by atoms with van der Waals surface area (Å²) in [4.78, 5) is 46.9. The van der Waals surface area contributed by atoms with E-state index in [2.05, 4.69) is 53.0 Å². The third-order valence-electron chi connectivity index (χ3n) is 9.29. The Hall–Kier alpha value is -3.65. The van der Waals surface area contributed by atoms with Gasteiger partial charge in [0.25, 0.3) is 0 Å². The van der Waals surface area contributed by atoms with E-state index in [1.54, 1.807) is 18.9 Å². The lowest BCUT2D eigenvalue weighted by Gasteiger charge is -2.36. The molecule has 1 saturated heterocycles. The number of amides is 3. The molecule has 1 aromatic heterocycles. The monoisotopic (exact) mass is 541 g/mol. The number of likely N-dealkylation sites (N-methyl/N-ethyl adjacent to an activating group) is 1. The Bertz CT molecular complexity index is 1480. The minimum atomic E-state index is -0.772. The van der Waals surface area contributed by atoms with Gasteiger partial charge in [-0.3, -0.25) is 14.4 Å². The van der Waals surface area contributed by atoms with E-state index in [0.717, 1.165) is 41.4 Å². The maximum Gasteiger partial charge on any atom is 0.246 e. The Morgan fingerprint density at radius 1 is 1.05 bits per heavy atom. The van der Waals surface area contributed by atoms with Gasteiger partial charge in [-0.25, -0.2) is 0 Å². The van der Waals surface area contributed by atoms with Crippen LogP contribution in [0, 0.1) is 5.41 Å². The normalized spacial score (nSPS) is 25.9. The van der Waals surface area contributed by atoms with Gasteiger partial charge in [-0.1, -0.05) is 56.3 Å². The number of rotatable bonds is 5. The van der Waals surface area contributed by atoms with Crippen LogP contribution in [0.5, 0.6) is 0 Å². The molecule has 0 spiro atoms. The van der Waals surface area contributed by atoms with Crippen LogP contribution in [-0.4, -0.2) is 52.8 Å². The number of fused-ring (bicyclic) bond motifs is 6. The summed E-state index contributed by atoms with van der Waals surface area (Å²) in [5.74, 6) is -0.570. The van der Waals surface area contributed by atoms with E-state index in [0.29, 0.717) is 12.8 Å². The van der Waals surface area contributed by atoms with Crippen molar-refractivity contribution >= 4 is 28.6 Å². The maximum absolute atomic E-state index is 14.4. The zero-order valence-corrected chi connectivity index (χ0v) is 23.7. The number of aromatic amines is 1. The largest absolute Gasteiger partial charge is 0.356 e. The molecule has 4 N–H and O–H groups in total. The number of hydrogen-bond acceptors (Lipinski definition) is 4. The summed E-state index contributed by atoms with van der Waals surface area (Å²) in [6.45, 7) is 5.92. The SMILES string of the molecule is CN[C@@H](C)C(=O)N[C@H]1Cc2c([nH]c3ccccc23)[C@H]2CC(C)(C)[C@@H](C(=O)N[C@@H]3CCCc4ccccc43)N2C1=O. The van der Waals surface area contributed by atoms with Crippen LogP contribution in [0.1, 0.15) is 74.5 Å². The molecule has 3 amide bonds. The fourth-order valence-corrected chi connectivity index (χ4v) is 7.16. The molecular weight excluding hydrogens is 502 g/mol. The van der Waals surface area contributed by atoms with Crippen molar-refractivity contribution in [2.24, 2.45) is 5.41 Å². The number of nitrogens with one attached hydrogen (secondary N) is 4. The fourth-order valence-electron chi connectivity index (χ4n) is 7.16. The van der Waals surface area contributed by atoms with E-state index in [4.69, 9.17) is 0 Å². The Labute approximate surface area is 235 Å². The first-order valence-electron chi connectivity index (χ1n) is 14.5. The van der Waals surface area contributed by atoms with E-state index in [1.807, 2.05) is 30.3 Å². The van der Waals surface area contributed by atoms with E-state index < -0.39 is 23.5 Å². The quantitative estimate of drug-likeness (QED) is 0.395. The smallest absolute Gasteiger partial charge is 0.246 e. The van der Waals surface area contributed by atoms with Crippen LogP contribution in [0.4, 0.5) is 0 Å². The Morgan fingerprint density at radius 3 is 2.60 bits per heavy atom. The molecule has 0 unspecified atom stereocenters. The van der Waals surface area contributed by atoms with Gasteiger partial charge in [-0.15, -0.1) is 0 Å². The Kier molecular flexibility index (Phi) is 6.69. The number of para-hydroxylation sites is 1. The lowest BCUT2D eigenvalue weighted by molar-refractivity contribution is -0.145. The summed E-state index contributed by atoms with van der Waals surface area (Å²) in [6.07, 6.45) is 3.92. The van der Waals surface area contributed by atoms with Crippen LogP contribution >= 0.6 is 0 Å². The molecule has 2 aliphatic heterocycles. The van der Waals surface area contributed by atoms with Crippen LogP contribution in [0.25, 0.3) is 10.9 Å². The average Bonchev–Trinajstić information content (AvgIpc) is 3.42. The number of hydrogen-bond donors (Lipinski definition) is 4. The molecule has 3 aliphatic rings. The average molecular weight is 542 g/mol. The molecule has 1 fully saturated rings. The Balaban J connectivity index is 1.40. The Morgan fingerprint density at radius 2 is 1.80 bits per heavy atom. The molecule has 8 nitrogen and oxygen atoms in total. The van der Waals surface area contributed by atoms with Crippen molar-refractivity contribution in [2.75, 3.05) is 7.05 Å². The first kappa shape index (κ1) is 26.6. The number of carbonyl (C=O) groups excluding carboxylic acids is 3. The van der Waals surface area contributed by atoms with Crippen molar-refractivity contribution < 1.29 is 14.4 Å². The van der Waals surface area contributed by atoms with Crippen LogP contribution in [-0.2, 0) is 27.2 Å². The molecule has 0 bridgehead atoms. The van der Waals surface area contributed by atoms with Crippen LogP contribution in [0.15, 0.2) is 48.5 Å². The first-order chi connectivity index (χ1) is 19.2. The van der Waals surface area contributed by atoms with Gasteiger partial charge < -0.3 is 25.8 Å². The van der Waals surface area contributed by atoms with E-state index in [9.17, 15) is 14.4 Å². The minimum absolute atomic E-state index is 0.0787. The molecule has 40 heavy (non-hydrogen) atoms. The summed E-state index contributed by atoms with van der Waals surface area (Å²) >= 11 is 0. The van der Waals surface area contributed by atoms with Gasteiger partial charge >= 0.3 is 0 Å². The van der Waals surface area contributed by atoms with Crippen LogP contribution < -0.4 is 16.0 Å². The topological polar surface area (TPSA) is 106 Å². The number of carbonyl (C=O) groups is 3. The highest BCUT2D eigenvalue weighted by molar-refractivity contribution is 5.96. The van der Waals surface area contributed by atoms with Gasteiger partial charge in [-0.2, -0.15) is 0 Å². The first-order valence-corrected chi connectivity index (χ1v) is 14.5. The molecule has 0 radical (unpaired) electrons. The highest BCUT2D eigenvalue weighted by Gasteiger charge is 2.56. The van der Waals surface area contributed by atoms with Gasteiger partial charge in [0, 0.05) is 23.0 Å². The molecule has 0 saturated carbocycles. The highest BCUT2D eigenvalue weighted by atomic mass is 16.2. The number of aromatic nitrogens is 1. The van der Waals surface area contributed by atoms with Gasteiger partial charge in [0.05, 0.1) is 18.1 Å². The van der Waals surface area contributed by atoms with E-state index >= 15 is 0 Å². The minimum Gasteiger partial charge on any atom is -0.356 e. The summed E-state index contributed by atoms with van der Waals surface area (Å²) < 4.78 is 0. The maximum atomic E-state index is 14.4. The molecule has 210 valence electrons. The highest BCUT2D eigenvalue weighted by Crippen LogP contribution is 2.51. The molecule has 3 heterocycles. The number of aryl methyl sites for hydroxylation is 1. The lowest BCUT2D eigenvalue weighted by atomic mass is 9.81. The van der Waals surface area contributed by atoms with Crippen molar-refractivity contribution in [3.63, 3.8) is 0 Å². The molecule has 1 aliphatic carbocycles. The van der Waals surface area contributed by atoms with Gasteiger partial charge in [0.1, 0.15) is 12.1 Å². The standard InChI is InChI=1S/C32H39N5O3/c1-18(33-4)29(38)36-25-16-22-21-13-7-8-14-24(21)34-27(22)26-17-32(2,3)28(37(26)31(25)40)30(39)35-23-15-9-11-19-10-5-6-12-20(19)23/h5-8,10,12-14,18,23,25-26,28,33-34H,9,11,15-17H2,1-4H3,(H,35,39)(H,36,38)/t18-,23+,25-,26+,28+/m0/s1. The van der Waals surface area contributed by atoms with Gasteiger partial charge in [-0.05, 0) is 67.8 Å². The molecule has 6 rings (SSSR count). The predicted octanol–water partition coefficient (Wildman–Crippen LogP) is 3.68. The van der Waals surface area contributed by atoms with Crippen molar-refractivity contribution in [2.45, 2.75) is 83.1 Å². The second-order valence-corrected chi connectivity index (χ2v) is 12.3. The van der Waals surface area contributed by atoms with Gasteiger partial charge in [0.15, 0.2) is 0 Å². The predicted molar refractivity (Wildman–Crippen MR) is 154 cm³/mol. The van der Waals surface area contributed by atoms with Crippen molar-refractivity contribution in [1.29, 1.82) is 0 Å².